The summed E-state index contributed by atoms with van der Waals surface area (Å²) in [5, 5.41) is 6.73. The van der Waals surface area contributed by atoms with Crippen LogP contribution in [0.4, 0.5) is 0 Å². The average Bonchev–Trinajstić information content (AvgIpc) is 2.53. The monoisotopic (exact) mass is 495 g/mol. The summed E-state index contributed by atoms with van der Waals surface area (Å²) in [4.78, 5) is 4.62. The Morgan fingerprint density at radius 1 is 1.12 bits per heavy atom. The lowest BCUT2D eigenvalue weighted by atomic mass is 10.0. The van der Waals surface area contributed by atoms with Crippen molar-refractivity contribution < 1.29 is 8.42 Å². The number of aliphatic imine (C=N–C) groups is 1. The molecule has 0 saturated heterocycles. The number of halogens is 1. The summed E-state index contributed by atoms with van der Waals surface area (Å²) in [5.74, 6) is 1.56. The fourth-order valence-electron chi connectivity index (χ4n) is 2.56. The maximum atomic E-state index is 11.5. The first-order chi connectivity index (χ1) is 11.7. The van der Waals surface area contributed by atoms with Crippen molar-refractivity contribution in [3.8, 4) is 0 Å². The molecule has 0 amide bonds. The number of nitrogens with zero attached hydrogens (tertiary/aromatic N) is 1. The van der Waals surface area contributed by atoms with Gasteiger partial charge in [-0.2, -0.15) is 0 Å². The number of rotatable bonds is 9. The molecule has 1 rings (SSSR count). The Hall–Kier alpha value is -0.830. The normalized spacial score (nSPS) is 13.2. The molecule has 1 aromatic carbocycles. The highest BCUT2D eigenvalue weighted by molar-refractivity contribution is 14.0. The lowest BCUT2D eigenvalue weighted by molar-refractivity contribution is 0.491. The second kappa shape index (κ2) is 12.5. The standard InChI is InChI=1S/C19H33N3O2S.HI/c1-15(2)7-6-8-16(3)22-19(20-4)21-14-13-17-9-11-18(12-10-17)25(5,23)24;/h9-12,15-16H,6-8,13-14H2,1-5H3,(H2,20,21,22);1H. The Labute approximate surface area is 176 Å². The number of sulfone groups is 1. The van der Waals surface area contributed by atoms with Gasteiger partial charge in [0.25, 0.3) is 0 Å². The zero-order valence-corrected chi connectivity index (χ0v) is 19.7. The Kier molecular flexibility index (Phi) is 12.1. The van der Waals surface area contributed by atoms with E-state index in [1.54, 1.807) is 19.2 Å². The Balaban J connectivity index is 0.00000625. The molecule has 0 fully saturated rings. The van der Waals surface area contributed by atoms with Crippen LogP contribution < -0.4 is 10.6 Å². The van der Waals surface area contributed by atoms with Gasteiger partial charge in [0, 0.05) is 25.9 Å². The Morgan fingerprint density at radius 3 is 2.23 bits per heavy atom. The molecule has 2 N–H and O–H groups in total. The minimum absolute atomic E-state index is 0. The zero-order valence-electron chi connectivity index (χ0n) is 16.6. The molecule has 0 bridgehead atoms. The number of guanidine groups is 1. The lowest BCUT2D eigenvalue weighted by Crippen LogP contribution is -2.42. The van der Waals surface area contributed by atoms with Gasteiger partial charge in [-0.05, 0) is 43.4 Å². The third kappa shape index (κ3) is 10.4. The van der Waals surface area contributed by atoms with Crippen molar-refractivity contribution in [3.63, 3.8) is 0 Å². The fourth-order valence-corrected chi connectivity index (χ4v) is 3.19. The molecule has 0 aliphatic carbocycles. The van der Waals surface area contributed by atoms with Crippen molar-refractivity contribution in [2.45, 2.75) is 57.4 Å². The number of hydrogen-bond donors (Lipinski definition) is 2. The van der Waals surface area contributed by atoms with Crippen LogP contribution in [-0.2, 0) is 16.3 Å². The summed E-state index contributed by atoms with van der Waals surface area (Å²) in [5.41, 5.74) is 1.10. The molecule has 1 unspecified atom stereocenters. The van der Waals surface area contributed by atoms with Crippen LogP contribution in [0.3, 0.4) is 0 Å². The van der Waals surface area contributed by atoms with Crippen LogP contribution in [0.2, 0.25) is 0 Å². The maximum absolute atomic E-state index is 11.5. The Morgan fingerprint density at radius 2 is 1.73 bits per heavy atom. The Bertz CT molecular complexity index is 643. The van der Waals surface area contributed by atoms with E-state index in [9.17, 15) is 8.42 Å². The van der Waals surface area contributed by atoms with Crippen LogP contribution in [0.5, 0.6) is 0 Å². The first-order valence-electron chi connectivity index (χ1n) is 8.98. The molecule has 1 aromatic rings. The highest BCUT2D eigenvalue weighted by Crippen LogP contribution is 2.10. The van der Waals surface area contributed by atoms with Gasteiger partial charge in [-0.3, -0.25) is 4.99 Å². The van der Waals surface area contributed by atoms with Gasteiger partial charge in [-0.15, -0.1) is 24.0 Å². The lowest BCUT2D eigenvalue weighted by Gasteiger charge is -2.18. The van der Waals surface area contributed by atoms with Gasteiger partial charge in [0.2, 0.25) is 0 Å². The smallest absolute Gasteiger partial charge is 0.191 e. The molecule has 0 radical (unpaired) electrons. The van der Waals surface area contributed by atoms with E-state index in [1.807, 2.05) is 12.1 Å². The van der Waals surface area contributed by atoms with E-state index in [1.165, 1.54) is 19.1 Å². The van der Waals surface area contributed by atoms with Crippen LogP contribution >= 0.6 is 24.0 Å². The van der Waals surface area contributed by atoms with Gasteiger partial charge < -0.3 is 10.6 Å². The average molecular weight is 495 g/mol. The highest BCUT2D eigenvalue weighted by Gasteiger charge is 2.07. The summed E-state index contributed by atoms with van der Waals surface area (Å²) in [6, 6.07) is 7.44. The molecule has 0 saturated carbocycles. The second-order valence-corrected chi connectivity index (χ2v) is 9.05. The van der Waals surface area contributed by atoms with Crippen molar-refractivity contribution in [1.29, 1.82) is 0 Å². The molecule has 0 aromatic heterocycles. The molecular formula is C19H34IN3O2S. The minimum Gasteiger partial charge on any atom is -0.356 e. The predicted octanol–water partition coefficient (Wildman–Crippen LogP) is 3.63. The van der Waals surface area contributed by atoms with E-state index >= 15 is 0 Å². The molecular weight excluding hydrogens is 461 g/mol. The van der Waals surface area contributed by atoms with Gasteiger partial charge in [0.15, 0.2) is 15.8 Å². The molecule has 26 heavy (non-hydrogen) atoms. The van der Waals surface area contributed by atoms with Crippen LogP contribution in [0.25, 0.3) is 0 Å². The molecule has 0 aliphatic rings. The first kappa shape index (κ1) is 25.2. The second-order valence-electron chi connectivity index (χ2n) is 7.04. The van der Waals surface area contributed by atoms with Crippen molar-refractivity contribution in [1.82, 2.24) is 10.6 Å². The molecule has 0 aliphatic heterocycles. The number of nitrogens with one attached hydrogen (secondary N) is 2. The van der Waals surface area contributed by atoms with Crippen molar-refractivity contribution in [2.24, 2.45) is 10.9 Å². The first-order valence-corrected chi connectivity index (χ1v) is 10.9. The van der Waals surface area contributed by atoms with Gasteiger partial charge in [0.05, 0.1) is 4.90 Å². The molecule has 5 nitrogen and oxygen atoms in total. The molecule has 0 heterocycles. The van der Waals surface area contributed by atoms with Crippen molar-refractivity contribution in [3.05, 3.63) is 29.8 Å². The molecule has 7 heteroatoms. The van der Waals surface area contributed by atoms with E-state index in [2.05, 4.69) is 36.4 Å². The van der Waals surface area contributed by atoms with Crippen LogP contribution in [0.1, 0.15) is 45.6 Å². The SMILES string of the molecule is CN=C(NCCc1ccc(S(C)(=O)=O)cc1)NC(C)CCCC(C)C.I. The quantitative estimate of drug-likeness (QED) is 0.312. The minimum atomic E-state index is -3.13. The zero-order chi connectivity index (χ0) is 18.9. The third-order valence-corrected chi connectivity index (χ3v) is 5.21. The summed E-state index contributed by atoms with van der Waals surface area (Å²) in [6.45, 7) is 7.43. The molecule has 150 valence electrons. The van der Waals surface area contributed by atoms with Crippen molar-refractivity contribution in [2.75, 3.05) is 19.8 Å². The van der Waals surface area contributed by atoms with Gasteiger partial charge in [-0.1, -0.05) is 38.8 Å². The predicted molar refractivity (Wildman–Crippen MR) is 121 cm³/mol. The van der Waals surface area contributed by atoms with Gasteiger partial charge >= 0.3 is 0 Å². The maximum Gasteiger partial charge on any atom is 0.191 e. The summed E-state index contributed by atoms with van der Waals surface area (Å²) in [6.07, 6.45) is 5.64. The van der Waals surface area contributed by atoms with Crippen LogP contribution in [-0.4, -0.2) is 40.3 Å². The van der Waals surface area contributed by atoms with E-state index in [4.69, 9.17) is 0 Å². The van der Waals surface area contributed by atoms with E-state index in [0.717, 1.165) is 36.8 Å². The molecule has 0 spiro atoms. The molecule has 1 atom stereocenters. The van der Waals surface area contributed by atoms with Crippen LogP contribution in [0, 0.1) is 5.92 Å². The summed E-state index contributed by atoms with van der Waals surface area (Å²) < 4.78 is 22.9. The topological polar surface area (TPSA) is 70.6 Å². The van der Waals surface area contributed by atoms with E-state index in [0.29, 0.717) is 10.9 Å². The van der Waals surface area contributed by atoms with Crippen molar-refractivity contribution >= 4 is 39.8 Å². The number of hydrogen-bond acceptors (Lipinski definition) is 3. The van der Waals surface area contributed by atoms with Gasteiger partial charge in [-0.25, -0.2) is 8.42 Å². The highest BCUT2D eigenvalue weighted by atomic mass is 127. The van der Waals surface area contributed by atoms with Gasteiger partial charge in [0.1, 0.15) is 0 Å². The number of benzene rings is 1. The fraction of sp³-hybridized carbons (Fsp3) is 0.632. The summed E-state index contributed by atoms with van der Waals surface area (Å²) >= 11 is 0. The largest absolute Gasteiger partial charge is 0.356 e. The third-order valence-electron chi connectivity index (χ3n) is 4.08. The van der Waals surface area contributed by atoms with E-state index < -0.39 is 9.84 Å². The summed E-state index contributed by atoms with van der Waals surface area (Å²) in [7, 11) is -1.35. The van der Waals surface area contributed by atoms with E-state index in [-0.39, 0.29) is 24.0 Å². The van der Waals surface area contributed by atoms with Crippen LogP contribution in [0.15, 0.2) is 34.2 Å².